The Morgan fingerprint density at radius 2 is 1.97 bits per heavy atom. The highest BCUT2D eigenvalue weighted by Crippen LogP contribution is 2.33. The van der Waals surface area contributed by atoms with Crippen LogP contribution in [0.15, 0.2) is 82.8 Å². The Morgan fingerprint density at radius 1 is 1.17 bits per heavy atom. The van der Waals surface area contributed by atoms with E-state index in [1.54, 1.807) is 30.2 Å². The fourth-order valence-corrected chi connectivity index (χ4v) is 3.33. The second-order valence-electron chi connectivity index (χ2n) is 6.43. The lowest BCUT2D eigenvalue weighted by Gasteiger charge is -2.15. The fourth-order valence-electron chi connectivity index (χ4n) is 3.04. The molecule has 1 aromatic carbocycles. The first-order chi connectivity index (χ1) is 14.0. The van der Waals surface area contributed by atoms with Crippen molar-refractivity contribution < 1.29 is 9.53 Å². The van der Waals surface area contributed by atoms with Crippen molar-refractivity contribution in [1.82, 2.24) is 4.90 Å². The number of rotatable bonds is 6. The maximum absolute atomic E-state index is 13.2. The number of hydrogen-bond acceptors (Lipinski definition) is 3. The van der Waals surface area contributed by atoms with Crippen molar-refractivity contribution in [3.8, 4) is 0 Å². The summed E-state index contributed by atoms with van der Waals surface area (Å²) >= 11 is 12.1. The lowest BCUT2D eigenvalue weighted by Crippen LogP contribution is -2.26. The Kier molecular flexibility index (Phi) is 7.13. The van der Waals surface area contributed by atoms with Gasteiger partial charge in [0, 0.05) is 18.2 Å². The Hall–Kier alpha value is -2.56. The topological polar surface area (TPSA) is 41.9 Å². The molecule has 1 heterocycles. The maximum atomic E-state index is 13.2. The molecule has 150 valence electrons. The number of fused-ring (bicyclic) bond motifs is 1. The van der Waals surface area contributed by atoms with E-state index >= 15 is 0 Å². The molecule has 1 aliphatic carbocycles. The van der Waals surface area contributed by atoms with Gasteiger partial charge in [-0.2, -0.15) is 0 Å². The second kappa shape index (κ2) is 9.77. The largest absolute Gasteiger partial charge is 0.497 e. The summed E-state index contributed by atoms with van der Waals surface area (Å²) in [6, 6.07) is 5.07. The van der Waals surface area contributed by atoms with Crippen LogP contribution in [0.25, 0.3) is 0 Å². The van der Waals surface area contributed by atoms with E-state index in [1.807, 2.05) is 36.5 Å². The lowest BCUT2D eigenvalue weighted by molar-refractivity contribution is -0.120. The summed E-state index contributed by atoms with van der Waals surface area (Å²) in [6.07, 6.45) is 15.4. The van der Waals surface area contributed by atoms with E-state index in [9.17, 15) is 4.79 Å². The summed E-state index contributed by atoms with van der Waals surface area (Å²) in [5, 5.41) is 0.846. The first kappa shape index (κ1) is 21.2. The summed E-state index contributed by atoms with van der Waals surface area (Å²) in [5.41, 5.74) is 2.54. The van der Waals surface area contributed by atoms with Crippen LogP contribution >= 0.6 is 23.2 Å². The number of carbonyl (C=O) groups excluding carboxylic acids is 1. The average Bonchev–Trinajstić information content (AvgIpc) is 2.86. The van der Waals surface area contributed by atoms with Gasteiger partial charge in [0.15, 0.2) is 0 Å². The predicted octanol–water partition coefficient (Wildman–Crippen LogP) is 6.17. The summed E-state index contributed by atoms with van der Waals surface area (Å²) in [7, 11) is 1.62. The van der Waals surface area contributed by atoms with Crippen LogP contribution in [-0.2, 0) is 9.53 Å². The van der Waals surface area contributed by atoms with Gasteiger partial charge in [-0.3, -0.25) is 4.79 Å². The number of benzene rings is 1. The Morgan fingerprint density at radius 3 is 2.69 bits per heavy atom. The number of allylic oxidation sites excluding steroid dienone is 7. The molecular formula is C23H22Cl2N2O2. The minimum atomic E-state index is -0.157. The van der Waals surface area contributed by atoms with Crippen LogP contribution in [0.2, 0.25) is 10.0 Å². The number of carbonyl (C=O) groups is 1. The molecular weight excluding hydrogens is 407 g/mol. The number of halogens is 2. The molecule has 0 saturated carbocycles. The zero-order valence-electron chi connectivity index (χ0n) is 16.4. The van der Waals surface area contributed by atoms with Gasteiger partial charge in [0.2, 0.25) is 0 Å². The number of nitrogens with zero attached hydrogens (tertiary/aromatic N) is 2. The summed E-state index contributed by atoms with van der Waals surface area (Å²) in [6.45, 7) is 2.51. The molecule has 29 heavy (non-hydrogen) atoms. The standard InChI is InChI=1S/C23H22Cl2N2O2/c1-3-4-5-6-7-13-27-21-15-17(29-2)9-8-10-18(21)22(23(27)28)26-16-11-12-19(24)20(25)14-16/h4-7,9-12,14-15H,3,8,13H2,1-2H3/b5-4-,7-6-,26-22?. The van der Waals surface area contributed by atoms with Crippen LogP contribution in [-0.4, -0.2) is 30.2 Å². The highest BCUT2D eigenvalue weighted by Gasteiger charge is 2.37. The third kappa shape index (κ3) is 4.89. The van der Waals surface area contributed by atoms with Crippen LogP contribution in [0.5, 0.6) is 0 Å². The van der Waals surface area contributed by atoms with Crippen LogP contribution in [0, 0.1) is 0 Å². The van der Waals surface area contributed by atoms with Crippen LogP contribution in [0.1, 0.15) is 19.8 Å². The van der Waals surface area contributed by atoms with Crippen molar-refractivity contribution >= 4 is 40.5 Å². The van der Waals surface area contributed by atoms with E-state index in [0.717, 1.165) is 23.5 Å². The van der Waals surface area contributed by atoms with E-state index in [0.29, 0.717) is 34.4 Å². The van der Waals surface area contributed by atoms with E-state index < -0.39 is 0 Å². The molecule has 1 saturated heterocycles. The van der Waals surface area contributed by atoms with Crippen LogP contribution in [0.4, 0.5) is 5.69 Å². The molecule has 0 atom stereocenters. The number of ether oxygens (including phenoxy) is 1. The predicted molar refractivity (Wildman–Crippen MR) is 120 cm³/mol. The number of likely N-dealkylation sites (tertiary alicyclic amines) is 1. The molecule has 1 fully saturated rings. The van der Waals surface area contributed by atoms with Crippen molar-refractivity contribution in [2.45, 2.75) is 19.8 Å². The lowest BCUT2D eigenvalue weighted by atomic mass is 10.1. The molecule has 2 aliphatic rings. The Labute approximate surface area is 181 Å². The van der Waals surface area contributed by atoms with E-state index in [1.165, 1.54) is 0 Å². The molecule has 1 amide bonds. The van der Waals surface area contributed by atoms with Gasteiger partial charge in [-0.25, -0.2) is 4.99 Å². The summed E-state index contributed by atoms with van der Waals surface area (Å²) in [5.74, 6) is 0.560. The Bertz CT molecular complexity index is 985. The number of methoxy groups -OCH3 is 1. The smallest absolute Gasteiger partial charge is 0.277 e. The van der Waals surface area contributed by atoms with Gasteiger partial charge in [-0.15, -0.1) is 0 Å². The van der Waals surface area contributed by atoms with Crippen molar-refractivity contribution in [2.24, 2.45) is 4.99 Å². The summed E-state index contributed by atoms with van der Waals surface area (Å²) in [4.78, 5) is 19.5. The monoisotopic (exact) mass is 428 g/mol. The maximum Gasteiger partial charge on any atom is 0.277 e. The van der Waals surface area contributed by atoms with Gasteiger partial charge in [0.25, 0.3) is 5.91 Å². The molecule has 1 aliphatic heterocycles. The van der Waals surface area contributed by atoms with Gasteiger partial charge < -0.3 is 9.64 Å². The Balaban J connectivity index is 2.00. The van der Waals surface area contributed by atoms with Gasteiger partial charge in [-0.1, -0.05) is 60.5 Å². The van der Waals surface area contributed by atoms with E-state index in [-0.39, 0.29) is 5.91 Å². The van der Waals surface area contributed by atoms with Crippen LogP contribution in [0.3, 0.4) is 0 Å². The molecule has 0 unspecified atom stereocenters. The number of hydrogen-bond donors (Lipinski definition) is 0. The van der Waals surface area contributed by atoms with Gasteiger partial charge in [0.05, 0.1) is 28.5 Å². The van der Waals surface area contributed by atoms with Crippen molar-refractivity contribution in [3.63, 3.8) is 0 Å². The minimum absolute atomic E-state index is 0.157. The van der Waals surface area contributed by atoms with Crippen molar-refractivity contribution in [2.75, 3.05) is 13.7 Å². The molecule has 0 radical (unpaired) electrons. The highest BCUT2D eigenvalue weighted by atomic mass is 35.5. The van der Waals surface area contributed by atoms with Gasteiger partial charge >= 0.3 is 0 Å². The average molecular weight is 429 g/mol. The van der Waals surface area contributed by atoms with E-state index in [4.69, 9.17) is 27.9 Å². The summed E-state index contributed by atoms with van der Waals surface area (Å²) < 4.78 is 5.42. The second-order valence-corrected chi connectivity index (χ2v) is 7.25. The minimum Gasteiger partial charge on any atom is -0.497 e. The molecule has 6 heteroatoms. The SMILES string of the molecule is CC/C=C\C=C/CN1C(=O)C(=Nc2ccc(Cl)c(Cl)c2)C2=CCC=C(OC)C=C21. The first-order valence-electron chi connectivity index (χ1n) is 9.39. The van der Waals surface area contributed by atoms with Crippen LogP contribution < -0.4 is 0 Å². The molecule has 0 N–H and O–H groups in total. The molecule has 0 aromatic heterocycles. The fraction of sp³-hybridized carbons (Fsp3) is 0.217. The first-order valence-corrected chi connectivity index (χ1v) is 10.1. The quantitative estimate of drug-likeness (QED) is 0.507. The van der Waals surface area contributed by atoms with Gasteiger partial charge in [0.1, 0.15) is 11.5 Å². The van der Waals surface area contributed by atoms with Crippen molar-refractivity contribution in [1.29, 1.82) is 0 Å². The van der Waals surface area contributed by atoms with E-state index in [2.05, 4.69) is 18.0 Å². The molecule has 4 nitrogen and oxygen atoms in total. The van der Waals surface area contributed by atoms with Crippen molar-refractivity contribution in [3.05, 3.63) is 87.8 Å². The third-order valence-corrected chi connectivity index (χ3v) is 5.22. The normalized spacial score (nSPS) is 18.2. The highest BCUT2D eigenvalue weighted by molar-refractivity contribution is 6.50. The molecule has 0 bridgehead atoms. The number of aliphatic imine (C=N–C) groups is 1. The third-order valence-electron chi connectivity index (χ3n) is 4.48. The zero-order chi connectivity index (χ0) is 20.8. The molecule has 1 aromatic rings. The number of amides is 1. The zero-order valence-corrected chi connectivity index (χ0v) is 17.9. The molecule has 0 spiro atoms. The van der Waals surface area contributed by atoms with Gasteiger partial charge in [-0.05, 0) is 37.1 Å². The molecule has 3 rings (SSSR count).